The van der Waals surface area contributed by atoms with Crippen molar-refractivity contribution in [2.45, 2.75) is 13.3 Å². The van der Waals surface area contributed by atoms with E-state index in [1.54, 1.807) is 6.07 Å². The molecule has 0 bridgehead atoms. The summed E-state index contributed by atoms with van der Waals surface area (Å²) in [4.78, 5) is 0. The van der Waals surface area contributed by atoms with Crippen molar-refractivity contribution in [3.05, 3.63) is 54.1 Å². The number of hydrogen-bond donors (Lipinski definition) is 0. The van der Waals surface area contributed by atoms with Gasteiger partial charge in [-0.2, -0.15) is 0 Å². The van der Waals surface area contributed by atoms with Crippen molar-refractivity contribution in [1.29, 1.82) is 0 Å². The van der Waals surface area contributed by atoms with Gasteiger partial charge in [0.15, 0.2) is 5.75 Å². The summed E-state index contributed by atoms with van der Waals surface area (Å²) in [5.74, 6) is 0.138. The highest BCUT2D eigenvalue weighted by molar-refractivity contribution is 5.69. The zero-order valence-electron chi connectivity index (χ0n) is 8.73. The van der Waals surface area contributed by atoms with Crippen LogP contribution in [0.15, 0.2) is 48.5 Å². The summed E-state index contributed by atoms with van der Waals surface area (Å²) in [6.45, 7) is 2.02. The third-order valence-corrected chi connectivity index (χ3v) is 2.57. The Morgan fingerprint density at radius 3 is 2.33 bits per heavy atom. The SMILES string of the molecule is CCc1c([O])cccc1-c1ccccc1. The minimum absolute atomic E-state index is 0.138. The third kappa shape index (κ3) is 1.86. The lowest BCUT2D eigenvalue weighted by atomic mass is 9.97. The van der Waals surface area contributed by atoms with Crippen LogP contribution in [0.3, 0.4) is 0 Å². The summed E-state index contributed by atoms with van der Waals surface area (Å²) in [6, 6.07) is 15.5. The van der Waals surface area contributed by atoms with Gasteiger partial charge in [-0.05, 0) is 23.6 Å². The van der Waals surface area contributed by atoms with Crippen LogP contribution in [0.1, 0.15) is 12.5 Å². The zero-order chi connectivity index (χ0) is 10.7. The van der Waals surface area contributed by atoms with Crippen LogP contribution in [0, 0.1) is 0 Å². The topological polar surface area (TPSA) is 19.9 Å². The van der Waals surface area contributed by atoms with Gasteiger partial charge in [0.25, 0.3) is 0 Å². The lowest BCUT2D eigenvalue weighted by Gasteiger charge is -2.08. The van der Waals surface area contributed by atoms with Gasteiger partial charge in [0.05, 0.1) is 0 Å². The first-order valence-corrected chi connectivity index (χ1v) is 5.17. The van der Waals surface area contributed by atoms with Gasteiger partial charge in [-0.25, -0.2) is 0 Å². The van der Waals surface area contributed by atoms with Gasteiger partial charge in [0.2, 0.25) is 0 Å². The van der Waals surface area contributed by atoms with Crippen molar-refractivity contribution in [2.24, 2.45) is 0 Å². The minimum atomic E-state index is 0.138. The molecule has 0 saturated carbocycles. The normalized spacial score (nSPS) is 10.2. The molecular formula is C14H13O. The van der Waals surface area contributed by atoms with Crippen LogP contribution in [-0.4, -0.2) is 0 Å². The average molecular weight is 197 g/mol. The van der Waals surface area contributed by atoms with Gasteiger partial charge in [-0.15, -0.1) is 0 Å². The fraction of sp³-hybridized carbons (Fsp3) is 0.143. The lowest BCUT2D eigenvalue weighted by Crippen LogP contribution is -1.87. The van der Waals surface area contributed by atoms with Crippen molar-refractivity contribution in [3.63, 3.8) is 0 Å². The molecule has 2 aromatic carbocycles. The summed E-state index contributed by atoms with van der Waals surface area (Å²) in [5.41, 5.74) is 3.08. The van der Waals surface area contributed by atoms with E-state index in [-0.39, 0.29) is 5.75 Å². The maximum Gasteiger partial charge on any atom is 0.182 e. The minimum Gasteiger partial charge on any atom is -0.290 e. The summed E-state index contributed by atoms with van der Waals surface area (Å²) in [5, 5.41) is 11.6. The molecule has 0 heterocycles. The molecule has 0 aromatic heterocycles. The lowest BCUT2D eigenvalue weighted by molar-refractivity contribution is 0.350. The highest BCUT2D eigenvalue weighted by atomic mass is 16.3. The maximum atomic E-state index is 11.6. The summed E-state index contributed by atoms with van der Waals surface area (Å²) >= 11 is 0. The Balaban J connectivity index is 2.58. The van der Waals surface area contributed by atoms with Crippen LogP contribution in [0.5, 0.6) is 5.75 Å². The highest BCUT2D eigenvalue weighted by Gasteiger charge is 2.07. The van der Waals surface area contributed by atoms with Gasteiger partial charge < -0.3 is 0 Å². The van der Waals surface area contributed by atoms with Crippen molar-refractivity contribution < 1.29 is 5.11 Å². The van der Waals surface area contributed by atoms with Crippen molar-refractivity contribution in [2.75, 3.05) is 0 Å². The number of rotatable bonds is 2. The molecule has 0 atom stereocenters. The smallest absolute Gasteiger partial charge is 0.182 e. The molecule has 0 spiro atoms. The molecule has 0 unspecified atom stereocenters. The maximum absolute atomic E-state index is 11.6. The molecule has 0 amide bonds. The molecule has 1 radical (unpaired) electrons. The number of hydrogen-bond acceptors (Lipinski definition) is 0. The van der Waals surface area contributed by atoms with E-state index in [0.29, 0.717) is 0 Å². The third-order valence-electron chi connectivity index (χ3n) is 2.57. The Kier molecular flexibility index (Phi) is 2.72. The van der Waals surface area contributed by atoms with Crippen LogP contribution >= 0.6 is 0 Å². The zero-order valence-corrected chi connectivity index (χ0v) is 8.73. The van der Waals surface area contributed by atoms with E-state index in [2.05, 4.69) is 0 Å². The second-order valence-corrected chi connectivity index (χ2v) is 3.50. The van der Waals surface area contributed by atoms with Gasteiger partial charge in [0.1, 0.15) is 0 Å². The Morgan fingerprint density at radius 2 is 1.67 bits per heavy atom. The van der Waals surface area contributed by atoms with Gasteiger partial charge in [0, 0.05) is 5.56 Å². The first-order valence-electron chi connectivity index (χ1n) is 5.17. The predicted molar refractivity (Wildman–Crippen MR) is 61.4 cm³/mol. The molecule has 0 aliphatic rings. The first kappa shape index (κ1) is 9.78. The van der Waals surface area contributed by atoms with E-state index in [1.165, 1.54) is 0 Å². The molecule has 0 fully saturated rings. The summed E-state index contributed by atoms with van der Waals surface area (Å²) in [6.07, 6.45) is 0.782. The Hall–Kier alpha value is -1.76. The Bertz CT molecular complexity index is 446. The van der Waals surface area contributed by atoms with E-state index < -0.39 is 0 Å². The van der Waals surface area contributed by atoms with Gasteiger partial charge in [-0.3, -0.25) is 5.11 Å². The molecular weight excluding hydrogens is 184 g/mol. The van der Waals surface area contributed by atoms with E-state index in [0.717, 1.165) is 23.1 Å². The molecule has 75 valence electrons. The van der Waals surface area contributed by atoms with Crippen LogP contribution in [0.2, 0.25) is 0 Å². The molecule has 0 N–H and O–H groups in total. The molecule has 2 rings (SSSR count). The fourth-order valence-electron chi connectivity index (χ4n) is 1.82. The molecule has 0 saturated heterocycles. The van der Waals surface area contributed by atoms with E-state index in [9.17, 15) is 5.11 Å². The predicted octanol–water partition coefficient (Wildman–Crippen LogP) is 4.06. The van der Waals surface area contributed by atoms with Crippen LogP contribution < -0.4 is 0 Å². The fourth-order valence-corrected chi connectivity index (χ4v) is 1.82. The Labute approximate surface area is 90.0 Å². The number of benzene rings is 2. The van der Waals surface area contributed by atoms with Gasteiger partial charge in [-0.1, -0.05) is 49.4 Å². The highest BCUT2D eigenvalue weighted by Crippen LogP contribution is 2.30. The molecule has 15 heavy (non-hydrogen) atoms. The summed E-state index contributed by atoms with van der Waals surface area (Å²) in [7, 11) is 0. The molecule has 0 aliphatic carbocycles. The quantitative estimate of drug-likeness (QED) is 0.692. The van der Waals surface area contributed by atoms with Gasteiger partial charge >= 0.3 is 0 Å². The largest absolute Gasteiger partial charge is 0.290 e. The average Bonchev–Trinajstić information content (AvgIpc) is 2.30. The van der Waals surface area contributed by atoms with Crippen molar-refractivity contribution >= 4 is 0 Å². The second kappa shape index (κ2) is 4.18. The van der Waals surface area contributed by atoms with E-state index in [1.807, 2.05) is 49.4 Å². The van der Waals surface area contributed by atoms with E-state index in [4.69, 9.17) is 0 Å². The summed E-state index contributed by atoms with van der Waals surface area (Å²) < 4.78 is 0. The van der Waals surface area contributed by atoms with Crippen molar-refractivity contribution in [1.82, 2.24) is 0 Å². The second-order valence-electron chi connectivity index (χ2n) is 3.50. The monoisotopic (exact) mass is 197 g/mol. The molecule has 2 aromatic rings. The van der Waals surface area contributed by atoms with Crippen LogP contribution in [0.25, 0.3) is 11.1 Å². The first-order chi connectivity index (χ1) is 7.33. The van der Waals surface area contributed by atoms with E-state index >= 15 is 0 Å². The molecule has 1 heteroatoms. The Morgan fingerprint density at radius 1 is 0.933 bits per heavy atom. The van der Waals surface area contributed by atoms with Crippen LogP contribution in [-0.2, 0) is 11.5 Å². The standard InChI is InChI=1S/C14H13O/c1-2-12-13(9-6-10-14(12)15)11-7-4-3-5-8-11/h3-10H,2H2,1H3. The molecule has 0 aliphatic heterocycles. The van der Waals surface area contributed by atoms with Crippen molar-refractivity contribution in [3.8, 4) is 16.9 Å². The van der Waals surface area contributed by atoms with Crippen LogP contribution in [0.4, 0.5) is 0 Å². The molecule has 1 nitrogen and oxygen atoms in total.